The van der Waals surface area contributed by atoms with Crippen molar-refractivity contribution in [2.75, 3.05) is 7.11 Å². The summed E-state index contributed by atoms with van der Waals surface area (Å²) in [5.74, 6) is 0.0970. The molecule has 0 aliphatic carbocycles. The number of nitrogens with zero attached hydrogens (tertiary/aromatic N) is 2. The molecule has 8 nitrogen and oxygen atoms in total. The second-order valence-corrected chi connectivity index (χ2v) is 8.51. The fourth-order valence-corrected chi connectivity index (χ4v) is 4.08. The topological polar surface area (TPSA) is 123 Å². The van der Waals surface area contributed by atoms with Crippen LogP contribution >= 0.6 is 0 Å². The summed E-state index contributed by atoms with van der Waals surface area (Å²) in [6.45, 7) is 4.32. The molecule has 35 heavy (non-hydrogen) atoms. The van der Waals surface area contributed by atoms with Gasteiger partial charge in [-0.05, 0) is 55.3 Å². The summed E-state index contributed by atoms with van der Waals surface area (Å²) in [6.07, 6.45) is -0.114. The van der Waals surface area contributed by atoms with Gasteiger partial charge in [-0.25, -0.2) is 0 Å². The Balaban J connectivity index is 1.74. The number of nitrogen functional groups attached to an aromatic ring is 1. The Morgan fingerprint density at radius 3 is 2.49 bits per heavy atom. The summed E-state index contributed by atoms with van der Waals surface area (Å²) in [7, 11) is 1.55. The SMILES string of the molecule is COc1ccc(-c2ccc3c(c2)c(COc2ccccc2CC(=O)O)nn3C(C)C)cc1C(=N)N. The number of fused-ring (bicyclic) bond motifs is 1. The normalized spacial score (nSPS) is 11.1. The van der Waals surface area contributed by atoms with Crippen molar-refractivity contribution in [3.8, 4) is 22.6 Å². The van der Waals surface area contributed by atoms with E-state index in [0.717, 1.165) is 27.7 Å². The first-order valence-electron chi connectivity index (χ1n) is 11.2. The van der Waals surface area contributed by atoms with Crippen LogP contribution < -0.4 is 15.2 Å². The molecule has 0 aliphatic heterocycles. The standard InChI is InChI=1S/C27H28N4O4/c1-16(2)31-23-10-8-17(18-9-11-25(34-3)21(13-18)27(28)29)12-20(23)22(30-31)15-35-24-7-5-4-6-19(24)14-26(32)33/h4-13,16H,14-15H2,1-3H3,(H3,28,29)(H,32,33). The molecule has 1 aromatic heterocycles. The largest absolute Gasteiger partial charge is 0.496 e. The van der Waals surface area contributed by atoms with E-state index in [9.17, 15) is 9.90 Å². The highest BCUT2D eigenvalue weighted by atomic mass is 16.5. The molecule has 8 heteroatoms. The van der Waals surface area contributed by atoms with Crippen LogP contribution in [0.4, 0.5) is 0 Å². The molecular formula is C27H28N4O4. The number of hydrogen-bond donors (Lipinski definition) is 3. The number of benzene rings is 3. The predicted molar refractivity (Wildman–Crippen MR) is 135 cm³/mol. The summed E-state index contributed by atoms with van der Waals surface area (Å²) in [5.41, 5.74) is 10.5. The highest BCUT2D eigenvalue weighted by molar-refractivity contribution is 5.99. The number of amidine groups is 1. The van der Waals surface area contributed by atoms with Crippen LogP contribution in [0.5, 0.6) is 11.5 Å². The number of methoxy groups -OCH3 is 1. The lowest BCUT2D eigenvalue weighted by atomic mass is 10.00. The molecule has 0 unspecified atom stereocenters. The minimum Gasteiger partial charge on any atom is -0.496 e. The Morgan fingerprint density at radius 1 is 1.09 bits per heavy atom. The third kappa shape index (κ3) is 4.96. The number of nitrogens with two attached hydrogens (primary N) is 1. The van der Waals surface area contributed by atoms with Gasteiger partial charge in [0.05, 0.1) is 24.6 Å². The first kappa shape index (κ1) is 23.8. The van der Waals surface area contributed by atoms with Crippen molar-refractivity contribution < 1.29 is 19.4 Å². The summed E-state index contributed by atoms with van der Waals surface area (Å²) in [4.78, 5) is 11.2. The summed E-state index contributed by atoms with van der Waals surface area (Å²) in [5, 5.41) is 22.8. The van der Waals surface area contributed by atoms with Gasteiger partial charge in [0.15, 0.2) is 0 Å². The van der Waals surface area contributed by atoms with Crippen LogP contribution in [0, 0.1) is 5.41 Å². The zero-order chi connectivity index (χ0) is 25.1. The molecule has 0 saturated heterocycles. The third-order valence-electron chi connectivity index (χ3n) is 5.77. The minimum absolute atomic E-state index is 0.0634. The van der Waals surface area contributed by atoms with Gasteiger partial charge in [0.2, 0.25) is 0 Å². The van der Waals surface area contributed by atoms with Crippen LogP contribution in [-0.2, 0) is 17.8 Å². The number of aliphatic carboxylic acids is 1. The van der Waals surface area contributed by atoms with E-state index in [1.165, 1.54) is 0 Å². The van der Waals surface area contributed by atoms with E-state index in [-0.39, 0.29) is 24.9 Å². The summed E-state index contributed by atoms with van der Waals surface area (Å²) < 4.78 is 13.3. The summed E-state index contributed by atoms with van der Waals surface area (Å²) in [6, 6.07) is 18.9. The van der Waals surface area contributed by atoms with Gasteiger partial charge in [-0.1, -0.05) is 30.3 Å². The molecular weight excluding hydrogens is 444 g/mol. The van der Waals surface area contributed by atoms with Gasteiger partial charge in [0.1, 0.15) is 29.6 Å². The lowest BCUT2D eigenvalue weighted by molar-refractivity contribution is -0.136. The van der Waals surface area contributed by atoms with Crippen molar-refractivity contribution in [3.05, 3.63) is 77.5 Å². The van der Waals surface area contributed by atoms with E-state index in [1.54, 1.807) is 31.4 Å². The lowest BCUT2D eigenvalue weighted by Gasteiger charge is -2.11. The predicted octanol–water partition coefficient (Wildman–Crippen LogP) is 4.78. The number of hydrogen-bond acceptors (Lipinski definition) is 5. The van der Waals surface area contributed by atoms with Crippen molar-refractivity contribution in [2.45, 2.75) is 32.9 Å². The van der Waals surface area contributed by atoms with Gasteiger partial charge in [0.25, 0.3) is 0 Å². The zero-order valence-corrected chi connectivity index (χ0v) is 19.9. The Labute approximate surface area is 203 Å². The van der Waals surface area contributed by atoms with Gasteiger partial charge < -0.3 is 20.3 Å². The van der Waals surface area contributed by atoms with Crippen molar-refractivity contribution >= 4 is 22.7 Å². The minimum atomic E-state index is -0.912. The number of rotatable bonds is 9. The molecule has 4 rings (SSSR count). The van der Waals surface area contributed by atoms with Crippen LogP contribution in [0.15, 0.2) is 60.7 Å². The van der Waals surface area contributed by atoms with Gasteiger partial charge >= 0.3 is 5.97 Å². The van der Waals surface area contributed by atoms with E-state index < -0.39 is 5.97 Å². The monoisotopic (exact) mass is 472 g/mol. The van der Waals surface area contributed by atoms with E-state index in [2.05, 4.69) is 19.9 Å². The first-order valence-corrected chi connectivity index (χ1v) is 11.2. The van der Waals surface area contributed by atoms with Crippen LogP contribution in [0.1, 0.15) is 36.7 Å². The first-order chi connectivity index (χ1) is 16.8. The summed E-state index contributed by atoms with van der Waals surface area (Å²) >= 11 is 0. The molecule has 4 N–H and O–H groups in total. The highest BCUT2D eigenvalue weighted by Crippen LogP contribution is 2.31. The fourth-order valence-electron chi connectivity index (χ4n) is 4.08. The second-order valence-electron chi connectivity index (χ2n) is 8.51. The Kier molecular flexibility index (Phi) is 6.73. The lowest BCUT2D eigenvalue weighted by Crippen LogP contribution is -2.12. The fraction of sp³-hybridized carbons (Fsp3) is 0.222. The number of carbonyl (C=O) groups is 1. The molecule has 180 valence electrons. The maximum atomic E-state index is 11.2. The van der Waals surface area contributed by atoms with Crippen LogP contribution in [0.2, 0.25) is 0 Å². The Hall–Kier alpha value is -4.33. The number of para-hydroxylation sites is 1. The number of nitrogens with one attached hydrogen (secondary N) is 1. The molecule has 3 aromatic carbocycles. The van der Waals surface area contributed by atoms with Crippen LogP contribution in [-0.4, -0.2) is 33.8 Å². The van der Waals surface area contributed by atoms with Gasteiger partial charge in [-0.15, -0.1) is 0 Å². The Morgan fingerprint density at radius 2 is 1.80 bits per heavy atom. The maximum Gasteiger partial charge on any atom is 0.307 e. The molecule has 0 fully saturated rings. The molecule has 0 amide bonds. The molecule has 0 spiro atoms. The van der Waals surface area contributed by atoms with Crippen LogP contribution in [0.25, 0.3) is 22.0 Å². The van der Waals surface area contributed by atoms with Crippen molar-refractivity contribution in [1.82, 2.24) is 9.78 Å². The van der Waals surface area contributed by atoms with Gasteiger partial charge in [0, 0.05) is 17.0 Å². The van der Waals surface area contributed by atoms with E-state index in [0.29, 0.717) is 22.6 Å². The van der Waals surface area contributed by atoms with Crippen molar-refractivity contribution in [1.29, 1.82) is 5.41 Å². The maximum absolute atomic E-state index is 11.2. The van der Waals surface area contributed by atoms with Gasteiger partial charge in [-0.2, -0.15) is 5.10 Å². The van der Waals surface area contributed by atoms with E-state index >= 15 is 0 Å². The zero-order valence-electron chi connectivity index (χ0n) is 19.9. The molecule has 0 saturated carbocycles. The van der Waals surface area contributed by atoms with Crippen molar-refractivity contribution in [3.63, 3.8) is 0 Å². The van der Waals surface area contributed by atoms with Crippen molar-refractivity contribution in [2.24, 2.45) is 5.73 Å². The number of aromatic nitrogens is 2. The van der Waals surface area contributed by atoms with E-state index in [4.69, 9.17) is 25.7 Å². The number of carboxylic acid groups (broad SMARTS) is 1. The second kappa shape index (κ2) is 9.89. The average molecular weight is 473 g/mol. The van der Waals surface area contributed by atoms with Gasteiger partial charge in [-0.3, -0.25) is 14.9 Å². The van der Waals surface area contributed by atoms with Crippen LogP contribution in [0.3, 0.4) is 0 Å². The molecule has 0 radical (unpaired) electrons. The molecule has 4 aromatic rings. The smallest absolute Gasteiger partial charge is 0.307 e. The molecule has 0 atom stereocenters. The molecule has 0 aliphatic rings. The quantitative estimate of drug-likeness (QED) is 0.238. The molecule has 1 heterocycles. The highest BCUT2D eigenvalue weighted by Gasteiger charge is 2.16. The van der Waals surface area contributed by atoms with E-state index in [1.807, 2.05) is 35.0 Å². The number of carboxylic acids is 1. The third-order valence-corrected chi connectivity index (χ3v) is 5.77. The molecule has 0 bridgehead atoms. The number of ether oxygens (including phenoxy) is 2. The average Bonchev–Trinajstić information content (AvgIpc) is 3.21. The Bertz CT molecular complexity index is 1410.